The first-order chi connectivity index (χ1) is 7.61. The average Bonchev–Trinajstić information content (AvgIpc) is 2.84. The zero-order valence-corrected chi connectivity index (χ0v) is 9.48. The fourth-order valence-electron chi connectivity index (χ4n) is 1.96. The number of rotatable bonds is 2. The zero-order valence-electron chi connectivity index (χ0n) is 8.66. The SMILES string of the molecule is CC1CCN(C(=O)c2cnsn2)C1C(=O)O. The van der Waals surface area contributed by atoms with E-state index in [9.17, 15) is 9.59 Å². The van der Waals surface area contributed by atoms with Crippen LogP contribution in [0.1, 0.15) is 23.8 Å². The van der Waals surface area contributed by atoms with Gasteiger partial charge in [-0.25, -0.2) is 4.79 Å². The van der Waals surface area contributed by atoms with Crippen LogP contribution < -0.4 is 0 Å². The Morgan fingerprint density at radius 3 is 2.94 bits per heavy atom. The second-order valence-corrected chi connectivity index (χ2v) is 4.40. The molecule has 0 aliphatic carbocycles. The molecule has 16 heavy (non-hydrogen) atoms. The number of carbonyl (C=O) groups excluding carboxylic acids is 1. The number of carbonyl (C=O) groups is 2. The summed E-state index contributed by atoms with van der Waals surface area (Å²) in [5.41, 5.74) is 0.227. The summed E-state index contributed by atoms with van der Waals surface area (Å²) < 4.78 is 7.57. The van der Waals surface area contributed by atoms with E-state index >= 15 is 0 Å². The average molecular weight is 241 g/mol. The van der Waals surface area contributed by atoms with E-state index in [1.54, 1.807) is 0 Å². The largest absolute Gasteiger partial charge is 0.480 e. The van der Waals surface area contributed by atoms with Crippen molar-refractivity contribution in [1.82, 2.24) is 13.6 Å². The van der Waals surface area contributed by atoms with Crippen LogP contribution in [0.25, 0.3) is 0 Å². The Balaban J connectivity index is 2.21. The van der Waals surface area contributed by atoms with Gasteiger partial charge >= 0.3 is 5.97 Å². The Hall–Kier alpha value is -1.50. The Kier molecular flexibility index (Phi) is 2.86. The number of carboxylic acids is 1. The van der Waals surface area contributed by atoms with Crippen molar-refractivity contribution >= 4 is 23.6 Å². The molecule has 2 heterocycles. The number of aromatic nitrogens is 2. The lowest BCUT2D eigenvalue weighted by Gasteiger charge is -2.22. The van der Waals surface area contributed by atoms with Crippen molar-refractivity contribution in [2.24, 2.45) is 5.92 Å². The third-order valence-electron chi connectivity index (χ3n) is 2.79. The quantitative estimate of drug-likeness (QED) is 0.813. The van der Waals surface area contributed by atoms with Gasteiger partial charge in [0.15, 0.2) is 5.69 Å². The molecule has 1 aromatic rings. The minimum absolute atomic E-state index is 0.0203. The summed E-state index contributed by atoms with van der Waals surface area (Å²) in [5, 5.41) is 9.07. The molecule has 2 unspecified atom stereocenters. The first-order valence-electron chi connectivity index (χ1n) is 4.92. The van der Waals surface area contributed by atoms with Gasteiger partial charge in [0.25, 0.3) is 5.91 Å². The van der Waals surface area contributed by atoms with Crippen LogP contribution in [-0.4, -0.2) is 43.2 Å². The van der Waals surface area contributed by atoms with Gasteiger partial charge < -0.3 is 10.0 Å². The molecule has 7 heteroatoms. The van der Waals surface area contributed by atoms with Gasteiger partial charge in [-0.1, -0.05) is 6.92 Å². The monoisotopic (exact) mass is 241 g/mol. The van der Waals surface area contributed by atoms with Crippen LogP contribution in [0.3, 0.4) is 0 Å². The number of hydrogen-bond acceptors (Lipinski definition) is 5. The summed E-state index contributed by atoms with van der Waals surface area (Å²) in [6.07, 6.45) is 2.08. The van der Waals surface area contributed by atoms with E-state index in [-0.39, 0.29) is 17.5 Å². The second kappa shape index (κ2) is 4.17. The highest BCUT2D eigenvalue weighted by atomic mass is 32.1. The topological polar surface area (TPSA) is 83.4 Å². The Labute approximate surface area is 96.2 Å². The van der Waals surface area contributed by atoms with Gasteiger partial charge in [0.2, 0.25) is 0 Å². The van der Waals surface area contributed by atoms with Gasteiger partial charge in [-0.2, -0.15) is 8.75 Å². The lowest BCUT2D eigenvalue weighted by atomic mass is 10.0. The molecule has 1 fully saturated rings. The highest BCUT2D eigenvalue weighted by Crippen LogP contribution is 2.25. The summed E-state index contributed by atoms with van der Waals surface area (Å²) in [6, 6.07) is -0.741. The highest BCUT2D eigenvalue weighted by molar-refractivity contribution is 6.99. The number of aliphatic carboxylic acids is 1. The third-order valence-corrected chi connectivity index (χ3v) is 3.27. The molecule has 0 aromatic carbocycles. The van der Waals surface area contributed by atoms with Crippen molar-refractivity contribution in [2.75, 3.05) is 6.54 Å². The minimum Gasteiger partial charge on any atom is -0.480 e. The molecule has 1 N–H and O–H groups in total. The number of likely N-dealkylation sites (tertiary alicyclic amines) is 1. The van der Waals surface area contributed by atoms with Crippen molar-refractivity contribution in [2.45, 2.75) is 19.4 Å². The lowest BCUT2D eigenvalue weighted by Crippen LogP contribution is -2.42. The first kappa shape index (κ1) is 11.0. The minimum atomic E-state index is -0.957. The van der Waals surface area contributed by atoms with Crippen molar-refractivity contribution in [3.05, 3.63) is 11.9 Å². The molecule has 2 rings (SSSR count). The van der Waals surface area contributed by atoms with Crippen LogP contribution in [0, 0.1) is 5.92 Å². The van der Waals surface area contributed by atoms with Crippen LogP contribution in [0.4, 0.5) is 0 Å². The summed E-state index contributed by atoms with van der Waals surface area (Å²) in [6.45, 7) is 2.31. The summed E-state index contributed by atoms with van der Waals surface area (Å²) in [7, 11) is 0. The van der Waals surface area contributed by atoms with Crippen LogP contribution in [0.2, 0.25) is 0 Å². The van der Waals surface area contributed by atoms with Gasteiger partial charge in [-0.3, -0.25) is 4.79 Å². The van der Waals surface area contributed by atoms with Gasteiger partial charge in [0.1, 0.15) is 6.04 Å². The molecular weight excluding hydrogens is 230 g/mol. The molecule has 1 aliphatic rings. The normalized spacial score (nSPS) is 24.7. The highest BCUT2D eigenvalue weighted by Gasteiger charge is 2.40. The molecule has 1 saturated heterocycles. The standard InChI is InChI=1S/C9H11N3O3S/c1-5-2-3-12(7(5)9(14)15)8(13)6-4-10-16-11-6/h4-5,7H,2-3H2,1H3,(H,14,15). The van der Waals surface area contributed by atoms with Gasteiger partial charge in [-0.15, -0.1) is 0 Å². The summed E-state index contributed by atoms with van der Waals surface area (Å²) in [5.74, 6) is -1.32. The van der Waals surface area contributed by atoms with E-state index in [0.29, 0.717) is 13.0 Å². The number of carboxylic acid groups (broad SMARTS) is 1. The maximum absolute atomic E-state index is 11.9. The summed E-state index contributed by atoms with van der Waals surface area (Å²) in [4.78, 5) is 24.4. The third kappa shape index (κ3) is 1.78. The summed E-state index contributed by atoms with van der Waals surface area (Å²) >= 11 is 0.942. The molecule has 0 radical (unpaired) electrons. The molecule has 1 amide bonds. The molecule has 0 spiro atoms. The number of amides is 1. The van der Waals surface area contributed by atoms with Gasteiger partial charge in [0, 0.05) is 6.54 Å². The lowest BCUT2D eigenvalue weighted by molar-refractivity contribution is -0.142. The van der Waals surface area contributed by atoms with E-state index in [2.05, 4.69) is 8.75 Å². The van der Waals surface area contributed by atoms with Crippen LogP contribution in [-0.2, 0) is 4.79 Å². The molecule has 1 aromatic heterocycles. The number of nitrogens with zero attached hydrogens (tertiary/aromatic N) is 3. The van der Waals surface area contributed by atoms with Crippen LogP contribution in [0.15, 0.2) is 6.20 Å². The Morgan fingerprint density at radius 2 is 2.38 bits per heavy atom. The predicted molar refractivity (Wildman–Crippen MR) is 56.2 cm³/mol. The molecule has 86 valence electrons. The van der Waals surface area contributed by atoms with E-state index < -0.39 is 12.0 Å². The molecule has 1 aliphatic heterocycles. The van der Waals surface area contributed by atoms with Crippen LogP contribution in [0.5, 0.6) is 0 Å². The van der Waals surface area contributed by atoms with Crippen molar-refractivity contribution in [1.29, 1.82) is 0 Å². The second-order valence-electron chi connectivity index (χ2n) is 3.84. The molecule has 2 atom stereocenters. The maximum Gasteiger partial charge on any atom is 0.326 e. The van der Waals surface area contributed by atoms with E-state index in [4.69, 9.17) is 5.11 Å². The van der Waals surface area contributed by atoms with Crippen molar-refractivity contribution < 1.29 is 14.7 Å². The van der Waals surface area contributed by atoms with Crippen molar-refractivity contribution in [3.8, 4) is 0 Å². The van der Waals surface area contributed by atoms with E-state index in [0.717, 1.165) is 11.7 Å². The van der Waals surface area contributed by atoms with Gasteiger partial charge in [0.05, 0.1) is 17.9 Å². The molecule has 0 bridgehead atoms. The fraction of sp³-hybridized carbons (Fsp3) is 0.556. The first-order valence-corrected chi connectivity index (χ1v) is 5.65. The van der Waals surface area contributed by atoms with Gasteiger partial charge in [-0.05, 0) is 12.3 Å². The molecular formula is C9H11N3O3S. The van der Waals surface area contributed by atoms with E-state index in [1.165, 1.54) is 11.1 Å². The zero-order chi connectivity index (χ0) is 11.7. The Morgan fingerprint density at radius 1 is 1.62 bits per heavy atom. The molecule has 0 saturated carbocycles. The maximum atomic E-state index is 11.9. The predicted octanol–water partition coefficient (Wildman–Crippen LogP) is 0.473. The number of hydrogen-bond donors (Lipinski definition) is 1. The molecule has 6 nitrogen and oxygen atoms in total. The smallest absolute Gasteiger partial charge is 0.326 e. The fourth-order valence-corrected chi connectivity index (χ4v) is 2.36. The van der Waals surface area contributed by atoms with Crippen LogP contribution >= 0.6 is 11.7 Å². The Bertz CT molecular complexity index is 406. The van der Waals surface area contributed by atoms with E-state index in [1.807, 2.05) is 6.92 Å². The van der Waals surface area contributed by atoms with Crippen molar-refractivity contribution in [3.63, 3.8) is 0 Å².